The lowest BCUT2D eigenvalue weighted by Gasteiger charge is -2.12. The zero-order valence-electron chi connectivity index (χ0n) is 8.25. The number of carboxylic acid groups (broad SMARTS) is 1. The monoisotopic (exact) mass is 210 g/mol. The number of carboxylic acids is 1. The molecule has 0 atom stereocenters. The first-order valence-corrected chi connectivity index (χ1v) is 4.70. The third kappa shape index (κ3) is 1.37. The highest BCUT2D eigenvalue weighted by Gasteiger charge is 2.53. The topological polar surface area (TPSA) is 57.5 Å². The number of carbonyl (C=O) groups is 1. The number of phenols is 1. The first-order valence-electron chi connectivity index (χ1n) is 4.70. The van der Waals surface area contributed by atoms with Crippen LogP contribution in [0.4, 0.5) is 4.39 Å². The summed E-state index contributed by atoms with van der Waals surface area (Å²) < 4.78 is 13.5. The van der Waals surface area contributed by atoms with Gasteiger partial charge in [0.05, 0.1) is 5.41 Å². The third-order valence-electron chi connectivity index (χ3n) is 2.96. The zero-order chi connectivity index (χ0) is 11.2. The van der Waals surface area contributed by atoms with Crippen LogP contribution in [-0.2, 0) is 10.2 Å². The van der Waals surface area contributed by atoms with Crippen LogP contribution in [-0.4, -0.2) is 16.2 Å². The van der Waals surface area contributed by atoms with E-state index in [1.165, 1.54) is 6.07 Å². The molecule has 1 saturated carbocycles. The number of rotatable bonds is 2. The summed E-state index contributed by atoms with van der Waals surface area (Å²) in [6.45, 7) is 1.62. The van der Waals surface area contributed by atoms with Gasteiger partial charge in [0, 0.05) is 11.6 Å². The molecule has 0 radical (unpaired) electrons. The number of hydrogen-bond donors (Lipinski definition) is 2. The van der Waals surface area contributed by atoms with E-state index in [2.05, 4.69) is 0 Å². The van der Waals surface area contributed by atoms with Crippen LogP contribution in [0.2, 0.25) is 0 Å². The Balaban J connectivity index is 2.54. The lowest BCUT2D eigenvalue weighted by molar-refractivity contribution is -0.140. The molecule has 2 N–H and O–H groups in total. The summed E-state index contributed by atoms with van der Waals surface area (Å²) in [6, 6.07) is 2.40. The van der Waals surface area contributed by atoms with E-state index >= 15 is 0 Å². The summed E-state index contributed by atoms with van der Waals surface area (Å²) in [5.41, 5.74) is -0.369. The molecule has 15 heavy (non-hydrogen) atoms. The van der Waals surface area contributed by atoms with Crippen molar-refractivity contribution < 1.29 is 19.4 Å². The molecule has 0 heterocycles. The first-order chi connectivity index (χ1) is 6.97. The smallest absolute Gasteiger partial charge is 0.314 e. The zero-order valence-corrected chi connectivity index (χ0v) is 8.25. The van der Waals surface area contributed by atoms with Crippen LogP contribution < -0.4 is 0 Å². The predicted molar refractivity (Wildman–Crippen MR) is 51.3 cm³/mol. The van der Waals surface area contributed by atoms with Crippen molar-refractivity contribution in [2.24, 2.45) is 0 Å². The molecule has 4 heteroatoms. The lowest BCUT2D eigenvalue weighted by Crippen LogP contribution is -2.21. The quantitative estimate of drug-likeness (QED) is 0.784. The number of benzene rings is 1. The summed E-state index contributed by atoms with van der Waals surface area (Å²) in [4.78, 5) is 11.0. The van der Waals surface area contributed by atoms with Gasteiger partial charge in [-0.3, -0.25) is 4.79 Å². The molecule has 0 saturated heterocycles. The molecule has 0 aliphatic heterocycles. The van der Waals surface area contributed by atoms with E-state index in [1.54, 1.807) is 6.92 Å². The highest BCUT2D eigenvalue weighted by atomic mass is 19.1. The Labute approximate surface area is 86.2 Å². The molecule has 0 bridgehead atoms. The molecule has 0 aromatic heterocycles. The van der Waals surface area contributed by atoms with Crippen LogP contribution in [0.25, 0.3) is 0 Å². The molecule has 1 aliphatic carbocycles. The summed E-state index contributed by atoms with van der Waals surface area (Å²) in [5, 5.41) is 18.3. The number of halogens is 1. The number of phenolic OH excluding ortho intramolecular Hbond substituents is 1. The van der Waals surface area contributed by atoms with Gasteiger partial charge in [-0.25, -0.2) is 4.39 Å². The molecule has 0 amide bonds. The average molecular weight is 210 g/mol. The average Bonchev–Trinajstić information content (AvgIpc) is 2.92. The summed E-state index contributed by atoms with van der Waals surface area (Å²) in [5.74, 6) is -1.78. The van der Waals surface area contributed by atoms with Gasteiger partial charge in [-0.15, -0.1) is 0 Å². The van der Waals surface area contributed by atoms with Crippen molar-refractivity contribution in [2.75, 3.05) is 0 Å². The molecule has 1 aromatic rings. The second-order valence-electron chi connectivity index (χ2n) is 4.01. The molecule has 1 aliphatic rings. The standard InChI is InChI=1S/C11H11FO3/c1-6-4-7(8(12)5-9(6)13)11(2-3-11)10(14)15/h4-5,13H,2-3H2,1H3,(H,14,15). The minimum absolute atomic E-state index is 0.141. The van der Waals surface area contributed by atoms with Crippen molar-refractivity contribution in [1.82, 2.24) is 0 Å². The number of aromatic hydroxyl groups is 1. The minimum atomic E-state index is -1.05. The molecule has 2 rings (SSSR count). The fraction of sp³-hybridized carbons (Fsp3) is 0.364. The summed E-state index contributed by atoms with van der Waals surface area (Å²) >= 11 is 0. The largest absolute Gasteiger partial charge is 0.508 e. The Bertz CT molecular complexity index is 436. The van der Waals surface area contributed by atoms with Gasteiger partial charge in [0.2, 0.25) is 0 Å². The number of aliphatic carboxylic acids is 1. The van der Waals surface area contributed by atoms with Gasteiger partial charge in [0.15, 0.2) is 0 Å². The van der Waals surface area contributed by atoms with Crippen LogP contribution in [0.3, 0.4) is 0 Å². The normalized spacial score (nSPS) is 17.5. The molecule has 0 unspecified atom stereocenters. The fourth-order valence-corrected chi connectivity index (χ4v) is 1.76. The lowest BCUT2D eigenvalue weighted by atomic mass is 9.94. The van der Waals surface area contributed by atoms with Crippen LogP contribution in [0.15, 0.2) is 12.1 Å². The van der Waals surface area contributed by atoms with Crippen molar-refractivity contribution in [3.63, 3.8) is 0 Å². The van der Waals surface area contributed by atoms with E-state index in [0.29, 0.717) is 18.4 Å². The maximum absolute atomic E-state index is 13.5. The Morgan fingerprint density at radius 2 is 2.07 bits per heavy atom. The summed E-state index contributed by atoms with van der Waals surface area (Å²) in [7, 11) is 0. The molecule has 80 valence electrons. The fourth-order valence-electron chi connectivity index (χ4n) is 1.76. The maximum atomic E-state index is 13.5. The molecular formula is C11H11FO3. The van der Waals surface area contributed by atoms with Gasteiger partial charge >= 0.3 is 5.97 Å². The molecule has 1 fully saturated rings. The van der Waals surface area contributed by atoms with Crippen LogP contribution in [0, 0.1) is 12.7 Å². The highest BCUT2D eigenvalue weighted by Crippen LogP contribution is 2.50. The second kappa shape index (κ2) is 2.95. The molecule has 3 nitrogen and oxygen atoms in total. The number of hydrogen-bond acceptors (Lipinski definition) is 2. The van der Waals surface area contributed by atoms with Crippen LogP contribution >= 0.6 is 0 Å². The minimum Gasteiger partial charge on any atom is -0.508 e. The van der Waals surface area contributed by atoms with E-state index in [-0.39, 0.29) is 11.3 Å². The Morgan fingerprint density at radius 3 is 2.53 bits per heavy atom. The van der Waals surface area contributed by atoms with Gasteiger partial charge in [-0.2, -0.15) is 0 Å². The van der Waals surface area contributed by atoms with E-state index in [4.69, 9.17) is 5.11 Å². The van der Waals surface area contributed by atoms with Crippen molar-refractivity contribution in [2.45, 2.75) is 25.2 Å². The van der Waals surface area contributed by atoms with Crippen molar-refractivity contribution in [3.05, 3.63) is 29.1 Å². The maximum Gasteiger partial charge on any atom is 0.314 e. The van der Waals surface area contributed by atoms with E-state index in [1.807, 2.05) is 0 Å². The van der Waals surface area contributed by atoms with Crippen molar-refractivity contribution in [3.8, 4) is 5.75 Å². The van der Waals surface area contributed by atoms with E-state index < -0.39 is 17.2 Å². The molecule has 1 aromatic carbocycles. The van der Waals surface area contributed by atoms with Gasteiger partial charge < -0.3 is 10.2 Å². The Hall–Kier alpha value is -1.58. The van der Waals surface area contributed by atoms with Gasteiger partial charge in [0.25, 0.3) is 0 Å². The first kappa shape index (κ1) is 9.96. The van der Waals surface area contributed by atoms with Gasteiger partial charge in [0.1, 0.15) is 11.6 Å². The van der Waals surface area contributed by atoms with Crippen LogP contribution in [0.5, 0.6) is 5.75 Å². The SMILES string of the molecule is Cc1cc(C2(C(=O)O)CC2)c(F)cc1O. The van der Waals surface area contributed by atoms with Crippen molar-refractivity contribution in [1.29, 1.82) is 0 Å². The highest BCUT2D eigenvalue weighted by molar-refractivity contribution is 5.85. The second-order valence-corrected chi connectivity index (χ2v) is 4.01. The van der Waals surface area contributed by atoms with Gasteiger partial charge in [-0.1, -0.05) is 0 Å². The molecule has 0 spiro atoms. The molecular weight excluding hydrogens is 199 g/mol. The Morgan fingerprint density at radius 1 is 1.47 bits per heavy atom. The van der Waals surface area contributed by atoms with Crippen molar-refractivity contribution >= 4 is 5.97 Å². The Kier molecular flexibility index (Phi) is 1.96. The number of aryl methyl sites for hydroxylation is 1. The predicted octanol–water partition coefficient (Wildman–Crippen LogP) is 1.96. The van der Waals surface area contributed by atoms with E-state index in [0.717, 1.165) is 6.07 Å². The van der Waals surface area contributed by atoms with E-state index in [9.17, 15) is 14.3 Å². The summed E-state index contributed by atoms with van der Waals surface area (Å²) in [6.07, 6.45) is 0.924. The van der Waals surface area contributed by atoms with Gasteiger partial charge in [-0.05, 0) is 31.4 Å². The third-order valence-corrected chi connectivity index (χ3v) is 2.96. The van der Waals surface area contributed by atoms with Crippen LogP contribution in [0.1, 0.15) is 24.0 Å².